The van der Waals surface area contributed by atoms with Crippen LogP contribution in [-0.4, -0.2) is 85.3 Å². The van der Waals surface area contributed by atoms with Gasteiger partial charge < -0.3 is 15.1 Å². The molecule has 0 spiro atoms. The van der Waals surface area contributed by atoms with E-state index in [1.807, 2.05) is 23.1 Å². The molecule has 5 rings (SSSR count). The van der Waals surface area contributed by atoms with Crippen LogP contribution < -0.4 is 15.1 Å². The van der Waals surface area contributed by atoms with Crippen molar-refractivity contribution in [2.45, 2.75) is 12.5 Å². The Morgan fingerprint density at radius 3 is 2.46 bits per heavy atom. The number of anilines is 2. The van der Waals surface area contributed by atoms with Gasteiger partial charge in [-0.1, -0.05) is 34.1 Å². The predicted octanol–water partition coefficient (Wildman–Crippen LogP) is 1.48. The third-order valence-corrected chi connectivity index (χ3v) is 7.31. The number of piperazine rings is 2. The van der Waals surface area contributed by atoms with Crippen LogP contribution in [0, 0.1) is 0 Å². The summed E-state index contributed by atoms with van der Waals surface area (Å²) in [6.45, 7) is 3.61. The van der Waals surface area contributed by atoms with Crippen LogP contribution in [0.1, 0.15) is 16.8 Å². The summed E-state index contributed by atoms with van der Waals surface area (Å²) in [5.74, 6) is -1.50. The number of amides is 3. The minimum Gasteiger partial charge on any atom is -0.368 e. The van der Waals surface area contributed by atoms with Crippen molar-refractivity contribution in [1.82, 2.24) is 15.1 Å². The first-order chi connectivity index (χ1) is 16.9. The number of hydrogen-bond donors (Lipinski definition) is 1. The standard InChI is InChI=1S/C25H26BrN5O4/c26-17-6-7-20-19(14-17)23(33)25(35)31(20)16-30-9-8-27-24(34)21(30)15-22(32)29-12-10-28(11-13-29)18-4-2-1-3-5-18/h1-7,14,21H,8-13,15-16H2,(H,27,34). The number of Topliss-reactive ketones (excluding diaryl/α,β-unsaturated/α-hetero) is 1. The van der Waals surface area contributed by atoms with E-state index in [1.54, 1.807) is 23.1 Å². The maximum atomic E-state index is 13.2. The fraction of sp³-hybridized carbons (Fsp3) is 0.360. The summed E-state index contributed by atoms with van der Waals surface area (Å²) >= 11 is 3.34. The largest absolute Gasteiger partial charge is 0.368 e. The number of para-hydroxylation sites is 1. The molecule has 0 aromatic heterocycles. The Labute approximate surface area is 211 Å². The fourth-order valence-electron chi connectivity index (χ4n) is 4.90. The zero-order valence-corrected chi connectivity index (χ0v) is 20.7. The first-order valence-electron chi connectivity index (χ1n) is 11.7. The topological polar surface area (TPSA) is 93.3 Å². The van der Waals surface area contributed by atoms with Gasteiger partial charge >= 0.3 is 5.91 Å². The van der Waals surface area contributed by atoms with E-state index in [0.29, 0.717) is 41.9 Å². The number of benzene rings is 2. The van der Waals surface area contributed by atoms with E-state index in [9.17, 15) is 19.2 Å². The van der Waals surface area contributed by atoms with Gasteiger partial charge in [-0.15, -0.1) is 0 Å². The van der Waals surface area contributed by atoms with Crippen molar-refractivity contribution in [2.24, 2.45) is 0 Å². The number of carbonyl (C=O) groups is 4. The maximum absolute atomic E-state index is 13.2. The molecule has 1 unspecified atom stereocenters. The maximum Gasteiger partial charge on any atom is 0.300 e. The summed E-state index contributed by atoms with van der Waals surface area (Å²) in [6.07, 6.45) is 0.0281. The van der Waals surface area contributed by atoms with Crippen molar-refractivity contribution < 1.29 is 19.2 Å². The Morgan fingerprint density at radius 2 is 1.71 bits per heavy atom. The zero-order chi connectivity index (χ0) is 24.5. The number of carbonyl (C=O) groups excluding carboxylic acids is 4. The van der Waals surface area contributed by atoms with Gasteiger partial charge in [0.2, 0.25) is 11.8 Å². The van der Waals surface area contributed by atoms with Crippen molar-refractivity contribution in [3.8, 4) is 0 Å². The molecule has 2 aromatic rings. The monoisotopic (exact) mass is 539 g/mol. The van der Waals surface area contributed by atoms with Gasteiger partial charge in [0.15, 0.2) is 0 Å². The average Bonchev–Trinajstić information content (AvgIpc) is 3.10. The molecule has 2 aromatic carbocycles. The van der Waals surface area contributed by atoms with Crippen LogP contribution in [-0.2, 0) is 14.4 Å². The van der Waals surface area contributed by atoms with E-state index in [1.165, 1.54) is 4.90 Å². The lowest BCUT2D eigenvalue weighted by atomic mass is 10.1. The van der Waals surface area contributed by atoms with Crippen molar-refractivity contribution in [3.63, 3.8) is 0 Å². The van der Waals surface area contributed by atoms with Gasteiger partial charge in [0.1, 0.15) is 0 Å². The molecule has 0 bridgehead atoms. The van der Waals surface area contributed by atoms with Crippen LogP contribution in [0.3, 0.4) is 0 Å². The fourth-order valence-corrected chi connectivity index (χ4v) is 5.26. The van der Waals surface area contributed by atoms with Gasteiger partial charge in [-0.25, -0.2) is 0 Å². The van der Waals surface area contributed by atoms with E-state index in [-0.39, 0.29) is 24.9 Å². The Kier molecular flexibility index (Phi) is 6.57. The number of ketones is 1. The second-order valence-electron chi connectivity index (χ2n) is 8.89. The Hall–Kier alpha value is -3.24. The normalized spacial score (nSPS) is 20.8. The summed E-state index contributed by atoms with van der Waals surface area (Å²) in [5.41, 5.74) is 2.00. The molecule has 1 atom stereocenters. The highest BCUT2D eigenvalue weighted by Crippen LogP contribution is 2.32. The molecule has 10 heteroatoms. The Balaban J connectivity index is 1.25. The van der Waals surface area contributed by atoms with Gasteiger partial charge in [-0.2, -0.15) is 0 Å². The first-order valence-corrected chi connectivity index (χ1v) is 12.5. The Morgan fingerprint density at radius 1 is 0.971 bits per heavy atom. The van der Waals surface area contributed by atoms with E-state index >= 15 is 0 Å². The number of halogens is 1. The van der Waals surface area contributed by atoms with E-state index in [2.05, 4.69) is 38.3 Å². The molecule has 3 amide bonds. The third-order valence-electron chi connectivity index (χ3n) is 6.82. The van der Waals surface area contributed by atoms with Crippen LogP contribution in [0.5, 0.6) is 0 Å². The molecule has 0 radical (unpaired) electrons. The average molecular weight is 540 g/mol. The molecule has 2 saturated heterocycles. The summed E-state index contributed by atoms with van der Waals surface area (Å²) in [5, 5.41) is 2.83. The van der Waals surface area contributed by atoms with Gasteiger partial charge in [0, 0.05) is 49.4 Å². The molecule has 1 N–H and O–H groups in total. The minimum absolute atomic E-state index is 0.0281. The lowest BCUT2D eigenvalue weighted by molar-refractivity contribution is -0.139. The quantitative estimate of drug-likeness (QED) is 0.578. The molecule has 9 nitrogen and oxygen atoms in total. The number of rotatable bonds is 5. The molecular formula is C25H26BrN5O4. The smallest absolute Gasteiger partial charge is 0.300 e. The first kappa shape index (κ1) is 23.5. The van der Waals surface area contributed by atoms with E-state index < -0.39 is 17.7 Å². The molecule has 182 valence electrons. The van der Waals surface area contributed by atoms with Crippen LogP contribution in [0.15, 0.2) is 53.0 Å². The van der Waals surface area contributed by atoms with E-state index in [4.69, 9.17) is 0 Å². The van der Waals surface area contributed by atoms with Crippen LogP contribution in [0.2, 0.25) is 0 Å². The summed E-state index contributed by atoms with van der Waals surface area (Å²) in [4.78, 5) is 58.4. The van der Waals surface area contributed by atoms with Crippen molar-refractivity contribution in [2.75, 3.05) is 55.7 Å². The van der Waals surface area contributed by atoms with Gasteiger partial charge in [-0.3, -0.25) is 29.0 Å². The molecule has 3 aliphatic heterocycles. The molecule has 0 saturated carbocycles. The molecule has 3 aliphatic rings. The predicted molar refractivity (Wildman–Crippen MR) is 134 cm³/mol. The molecule has 35 heavy (non-hydrogen) atoms. The van der Waals surface area contributed by atoms with Crippen LogP contribution in [0.4, 0.5) is 11.4 Å². The van der Waals surface area contributed by atoms with Crippen molar-refractivity contribution >= 4 is 50.8 Å². The Bertz CT molecular complexity index is 1170. The van der Waals surface area contributed by atoms with E-state index in [0.717, 1.165) is 18.8 Å². The lowest BCUT2D eigenvalue weighted by Crippen LogP contribution is -2.60. The SMILES string of the molecule is O=C1C(=O)N(CN2CCNC(=O)C2CC(=O)N2CCN(c3ccccc3)CC2)c2ccc(Br)cc21. The number of nitrogens with one attached hydrogen (secondary N) is 1. The highest BCUT2D eigenvalue weighted by atomic mass is 79.9. The molecular weight excluding hydrogens is 514 g/mol. The molecule has 0 aliphatic carbocycles. The number of hydrogen-bond acceptors (Lipinski definition) is 6. The molecule has 3 heterocycles. The summed E-state index contributed by atoms with van der Waals surface area (Å²) < 4.78 is 0.715. The summed E-state index contributed by atoms with van der Waals surface area (Å²) in [7, 11) is 0. The second kappa shape index (κ2) is 9.79. The van der Waals surface area contributed by atoms with Crippen LogP contribution >= 0.6 is 15.9 Å². The van der Waals surface area contributed by atoms with Gasteiger partial charge in [0.25, 0.3) is 5.78 Å². The van der Waals surface area contributed by atoms with Crippen LogP contribution in [0.25, 0.3) is 0 Å². The third kappa shape index (κ3) is 4.68. The zero-order valence-electron chi connectivity index (χ0n) is 19.2. The summed E-state index contributed by atoms with van der Waals surface area (Å²) in [6, 6.07) is 14.5. The minimum atomic E-state index is -0.703. The number of fused-ring (bicyclic) bond motifs is 1. The highest BCUT2D eigenvalue weighted by molar-refractivity contribution is 9.10. The molecule has 2 fully saturated rings. The second-order valence-corrected chi connectivity index (χ2v) is 9.81. The van der Waals surface area contributed by atoms with Gasteiger partial charge in [0.05, 0.1) is 30.4 Å². The van der Waals surface area contributed by atoms with Crippen molar-refractivity contribution in [1.29, 1.82) is 0 Å². The lowest BCUT2D eigenvalue weighted by Gasteiger charge is -2.39. The van der Waals surface area contributed by atoms with Crippen molar-refractivity contribution in [3.05, 3.63) is 58.6 Å². The van der Waals surface area contributed by atoms with Gasteiger partial charge in [-0.05, 0) is 30.3 Å². The highest BCUT2D eigenvalue weighted by Gasteiger charge is 2.40. The number of nitrogens with zero attached hydrogens (tertiary/aromatic N) is 4.